The number of nitrogens with zero attached hydrogens (tertiary/aromatic N) is 1. The molecule has 1 fully saturated rings. The van der Waals surface area contributed by atoms with Crippen molar-refractivity contribution in [1.82, 2.24) is 4.90 Å². The molecular formula is C14H20BrNO2. The average Bonchev–Trinajstić information content (AvgIpc) is 2.82. The monoisotopic (exact) mass is 313 g/mol. The van der Waals surface area contributed by atoms with Crippen molar-refractivity contribution < 1.29 is 9.84 Å². The van der Waals surface area contributed by atoms with Crippen molar-refractivity contribution in [2.45, 2.75) is 25.0 Å². The second kappa shape index (κ2) is 6.66. The van der Waals surface area contributed by atoms with Crippen LogP contribution in [0.15, 0.2) is 28.7 Å². The first-order chi connectivity index (χ1) is 8.65. The Kier molecular flexibility index (Phi) is 5.18. The third-order valence-corrected chi connectivity index (χ3v) is 3.81. The van der Waals surface area contributed by atoms with Gasteiger partial charge < -0.3 is 14.7 Å². The molecule has 1 aromatic rings. The molecule has 0 aromatic heterocycles. The summed E-state index contributed by atoms with van der Waals surface area (Å²) in [7, 11) is 2.03. The zero-order valence-corrected chi connectivity index (χ0v) is 12.3. The molecule has 1 N–H and O–H groups in total. The van der Waals surface area contributed by atoms with Gasteiger partial charge in [-0.1, -0.05) is 28.1 Å². The van der Waals surface area contributed by atoms with Gasteiger partial charge in [0.05, 0.1) is 12.2 Å². The zero-order chi connectivity index (χ0) is 13.0. The van der Waals surface area contributed by atoms with Crippen LogP contribution in [0, 0.1) is 0 Å². The molecule has 0 saturated carbocycles. The maximum Gasteiger partial charge on any atom is 0.0916 e. The summed E-state index contributed by atoms with van der Waals surface area (Å²) in [6.45, 7) is 2.42. The minimum Gasteiger partial charge on any atom is -0.387 e. The van der Waals surface area contributed by atoms with Crippen LogP contribution in [0.5, 0.6) is 0 Å². The lowest BCUT2D eigenvalue weighted by Gasteiger charge is -2.23. The summed E-state index contributed by atoms with van der Waals surface area (Å²) in [4.78, 5) is 2.14. The molecule has 18 heavy (non-hydrogen) atoms. The molecule has 4 heteroatoms. The van der Waals surface area contributed by atoms with E-state index in [4.69, 9.17) is 4.74 Å². The Morgan fingerprint density at radius 2 is 2.17 bits per heavy atom. The maximum absolute atomic E-state index is 10.2. The lowest BCUT2D eigenvalue weighted by molar-refractivity contribution is 0.0602. The van der Waals surface area contributed by atoms with Gasteiger partial charge in [-0.25, -0.2) is 0 Å². The van der Waals surface area contributed by atoms with E-state index in [1.807, 2.05) is 31.3 Å². The van der Waals surface area contributed by atoms with Gasteiger partial charge >= 0.3 is 0 Å². The summed E-state index contributed by atoms with van der Waals surface area (Å²) in [6.07, 6.45) is 2.20. The van der Waals surface area contributed by atoms with Crippen molar-refractivity contribution in [2.24, 2.45) is 0 Å². The first-order valence-corrected chi connectivity index (χ1v) is 7.18. The van der Waals surface area contributed by atoms with Crippen molar-refractivity contribution >= 4 is 15.9 Å². The van der Waals surface area contributed by atoms with Gasteiger partial charge in [-0.3, -0.25) is 0 Å². The molecule has 0 amide bonds. The maximum atomic E-state index is 10.2. The van der Waals surface area contributed by atoms with Gasteiger partial charge in [0, 0.05) is 24.2 Å². The molecule has 1 aromatic carbocycles. The van der Waals surface area contributed by atoms with Crippen LogP contribution in [0.4, 0.5) is 0 Å². The molecule has 100 valence electrons. The molecule has 2 atom stereocenters. The van der Waals surface area contributed by atoms with E-state index in [9.17, 15) is 5.11 Å². The van der Waals surface area contributed by atoms with Crippen LogP contribution in [0.1, 0.15) is 24.5 Å². The van der Waals surface area contributed by atoms with E-state index in [1.165, 1.54) is 0 Å². The minimum absolute atomic E-state index is 0.340. The third-order valence-electron chi connectivity index (χ3n) is 3.28. The number of halogens is 1. The highest BCUT2D eigenvalue weighted by Crippen LogP contribution is 2.18. The minimum atomic E-state index is -0.440. The fraction of sp³-hybridized carbons (Fsp3) is 0.571. The van der Waals surface area contributed by atoms with E-state index in [1.54, 1.807) is 0 Å². The Bertz CT molecular complexity index is 363. The number of likely N-dealkylation sites (N-methyl/N-ethyl adjacent to an activating group) is 1. The molecule has 2 unspecified atom stereocenters. The second-order valence-electron chi connectivity index (χ2n) is 4.92. The van der Waals surface area contributed by atoms with Gasteiger partial charge in [-0.15, -0.1) is 0 Å². The average molecular weight is 314 g/mol. The van der Waals surface area contributed by atoms with Crippen molar-refractivity contribution in [3.8, 4) is 0 Å². The van der Waals surface area contributed by atoms with Gasteiger partial charge in [-0.2, -0.15) is 0 Å². The van der Waals surface area contributed by atoms with E-state index in [-0.39, 0.29) is 0 Å². The van der Waals surface area contributed by atoms with Gasteiger partial charge in [0.1, 0.15) is 0 Å². The first kappa shape index (κ1) is 14.0. The smallest absolute Gasteiger partial charge is 0.0916 e. The molecular weight excluding hydrogens is 294 g/mol. The van der Waals surface area contributed by atoms with E-state index in [2.05, 4.69) is 20.8 Å². The topological polar surface area (TPSA) is 32.7 Å². The number of ether oxygens (including phenoxy) is 1. The fourth-order valence-corrected chi connectivity index (χ4v) is 2.56. The van der Waals surface area contributed by atoms with Crippen LogP contribution in [0.25, 0.3) is 0 Å². The van der Waals surface area contributed by atoms with Gasteiger partial charge in [0.15, 0.2) is 0 Å². The van der Waals surface area contributed by atoms with Crippen molar-refractivity contribution in [3.63, 3.8) is 0 Å². The van der Waals surface area contributed by atoms with Crippen molar-refractivity contribution in [1.29, 1.82) is 0 Å². The first-order valence-electron chi connectivity index (χ1n) is 6.39. The second-order valence-corrected chi connectivity index (χ2v) is 5.84. The molecule has 0 aliphatic carbocycles. The predicted octanol–water partition coefficient (Wildman–Crippen LogP) is 2.59. The van der Waals surface area contributed by atoms with Crippen LogP contribution in [0.3, 0.4) is 0 Å². The third kappa shape index (κ3) is 4.05. The standard InChI is InChI=1S/C14H20BrNO2/c1-16(9-13-3-2-8-18-13)10-14(17)11-4-6-12(15)7-5-11/h4-7,13-14,17H,2-3,8-10H2,1H3. The highest BCUT2D eigenvalue weighted by atomic mass is 79.9. The van der Waals surface area contributed by atoms with E-state index < -0.39 is 6.10 Å². The molecule has 3 nitrogen and oxygen atoms in total. The quantitative estimate of drug-likeness (QED) is 0.907. The molecule has 0 spiro atoms. The summed E-state index contributed by atoms with van der Waals surface area (Å²) < 4.78 is 6.63. The van der Waals surface area contributed by atoms with Gasteiger partial charge in [-0.05, 0) is 37.6 Å². The number of benzene rings is 1. The molecule has 0 radical (unpaired) electrons. The number of hydrogen-bond acceptors (Lipinski definition) is 3. The molecule has 1 aliphatic rings. The number of rotatable bonds is 5. The lowest BCUT2D eigenvalue weighted by atomic mass is 10.1. The van der Waals surface area contributed by atoms with Crippen molar-refractivity contribution in [2.75, 3.05) is 26.7 Å². The van der Waals surface area contributed by atoms with E-state index in [0.29, 0.717) is 12.6 Å². The summed E-state index contributed by atoms with van der Waals surface area (Å²) in [5, 5.41) is 10.2. The Morgan fingerprint density at radius 1 is 1.44 bits per heavy atom. The highest BCUT2D eigenvalue weighted by molar-refractivity contribution is 9.10. The van der Waals surface area contributed by atoms with Crippen LogP contribution < -0.4 is 0 Å². The molecule has 2 rings (SSSR count). The normalized spacial score (nSPS) is 21.4. The Hall–Kier alpha value is -0.420. The van der Waals surface area contributed by atoms with Gasteiger partial charge in [0.2, 0.25) is 0 Å². The summed E-state index contributed by atoms with van der Waals surface area (Å²) in [5.74, 6) is 0. The van der Waals surface area contributed by atoms with E-state index >= 15 is 0 Å². The molecule has 1 saturated heterocycles. The zero-order valence-electron chi connectivity index (χ0n) is 10.7. The van der Waals surface area contributed by atoms with Crippen LogP contribution >= 0.6 is 15.9 Å². The largest absolute Gasteiger partial charge is 0.387 e. The molecule has 1 heterocycles. The molecule has 1 aliphatic heterocycles. The SMILES string of the molecule is CN(CC1CCCO1)CC(O)c1ccc(Br)cc1. The molecule has 0 bridgehead atoms. The Morgan fingerprint density at radius 3 is 2.78 bits per heavy atom. The van der Waals surface area contributed by atoms with Crippen LogP contribution in [-0.4, -0.2) is 42.9 Å². The Labute approximate surface area is 117 Å². The summed E-state index contributed by atoms with van der Waals surface area (Å²) in [5.41, 5.74) is 0.956. The number of aliphatic hydroxyl groups is 1. The summed E-state index contributed by atoms with van der Waals surface area (Å²) >= 11 is 3.40. The van der Waals surface area contributed by atoms with Crippen LogP contribution in [0.2, 0.25) is 0 Å². The fourth-order valence-electron chi connectivity index (χ4n) is 2.30. The number of aliphatic hydroxyl groups excluding tert-OH is 1. The van der Waals surface area contributed by atoms with Gasteiger partial charge in [0.25, 0.3) is 0 Å². The Balaban J connectivity index is 1.82. The predicted molar refractivity (Wildman–Crippen MR) is 75.6 cm³/mol. The van der Waals surface area contributed by atoms with E-state index in [0.717, 1.165) is 36.0 Å². The van der Waals surface area contributed by atoms with Crippen molar-refractivity contribution in [3.05, 3.63) is 34.3 Å². The summed E-state index contributed by atoms with van der Waals surface area (Å²) in [6, 6.07) is 7.82. The van der Waals surface area contributed by atoms with Crippen LogP contribution in [-0.2, 0) is 4.74 Å². The number of hydrogen-bond donors (Lipinski definition) is 1. The lowest BCUT2D eigenvalue weighted by Crippen LogP contribution is -2.32. The highest BCUT2D eigenvalue weighted by Gasteiger charge is 2.19.